The molecule has 0 radical (unpaired) electrons. The molecule has 0 saturated carbocycles. The summed E-state index contributed by atoms with van der Waals surface area (Å²) in [7, 11) is 1.73. The quantitative estimate of drug-likeness (QED) is 0.376. The lowest BCUT2D eigenvalue weighted by molar-refractivity contribution is 0.0769. The van der Waals surface area contributed by atoms with E-state index in [0.29, 0.717) is 17.3 Å². The summed E-state index contributed by atoms with van der Waals surface area (Å²) in [6.45, 7) is 0.267. The smallest absolute Gasteiger partial charge is 0.254 e. The average molecular weight is 422 g/mol. The van der Waals surface area contributed by atoms with Gasteiger partial charge in [0.2, 0.25) is 11.7 Å². The molecule has 0 aliphatic rings. The number of thiophene rings is 1. The lowest BCUT2D eigenvalue weighted by atomic mass is 10.1. The molecule has 7 heteroatoms. The molecular weight excluding hydrogens is 402 g/mol. The highest BCUT2D eigenvalue weighted by atomic mass is 32.2. The second-order valence-electron chi connectivity index (χ2n) is 6.45. The molecular formula is C22H19N3O2S2. The number of aromatic nitrogens is 2. The first-order valence-corrected chi connectivity index (χ1v) is 10.9. The summed E-state index contributed by atoms with van der Waals surface area (Å²) in [6.07, 6.45) is 0. The lowest BCUT2D eigenvalue weighted by Gasteiger charge is -2.15. The van der Waals surface area contributed by atoms with Crippen molar-refractivity contribution in [3.63, 3.8) is 0 Å². The van der Waals surface area contributed by atoms with E-state index in [0.717, 1.165) is 10.6 Å². The zero-order valence-corrected chi connectivity index (χ0v) is 17.5. The minimum Gasteiger partial charge on any atom is -0.337 e. The van der Waals surface area contributed by atoms with Gasteiger partial charge in [-0.05, 0) is 41.3 Å². The van der Waals surface area contributed by atoms with Gasteiger partial charge in [-0.25, -0.2) is 0 Å². The van der Waals surface area contributed by atoms with Crippen LogP contribution in [0.1, 0.15) is 21.8 Å². The normalized spacial score (nSPS) is 10.8. The summed E-state index contributed by atoms with van der Waals surface area (Å²) in [5, 5.41) is 5.95. The van der Waals surface area contributed by atoms with Crippen molar-refractivity contribution in [3.05, 3.63) is 89.1 Å². The van der Waals surface area contributed by atoms with Gasteiger partial charge in [-0.2, -0.15) is 4.98 Å². The van der Waals surface area contributed by atoms with E-state index in [2.05, 4.69) is 22.3 Å². The highest BCUT2D eigenvalue weighted by molar-refractivity contribution is 7.98. The van der Waals surface area contributed by atoms with Crippen LogP contribution in [0.15, 0.2) is 81.5 Å². The summed E-state index contributed by atoms with van der Waals surface area (Å²) < 4.78 is 5.29. The first kappa shape index (κ1) is 19.4. The van der Waals surface area contributed by atoms with Crippen LogP contribution in [0.2, 0.25) is 0 Å². The second-order valence-corrected chi connectivity index (χ2v) is 8.45. The van der Waals surface area contributed by atoms with Crippen LogP contribution in [-0.4, -0.2) is 28.0 Å². The number of rotatable bonds is 7. The molecule has 0 atom stereocenters. The van der Waals surface area contributed by atoms with Crippen molar-refractivity contribution in [2.75, 3.05) is 7.05 Å². The van der Waals surface area contributed by atoms with Crippen LogP contribution in [-0.2, 0) is 12.3 Å². The SMILES string of the molecule is CN(Cc1nc(-c2cccs2)no1)C(=O)c1ccc(CSc2ccccc2)cc1. The number of hydrogen-bond donors (Lipinski definition) is 0. The molecule has 2 aromatic carbocycles. The topological polar surface area (TPSA) is 59.2 Å². The predicted molar refractivity (Wildman–Crippen MR) is 116 cm³/mol. The van der Waals surface area contributed by atoms with Gasteiger partial charge < -0.3 is 9.42 Å². The molecule has 4 rings (SSSR count). The van der Waals surface area contributed by atoms with Crippen LogP contribution in [0.25, 0.3) is 10.7 Å². The van der Waals surface area contributed by atoms with Gasteiger partial charge in [0.25, 0.3) is 5.91 Å². The van der Waals surface area contributed by atoms with E-state index in [-0.39, 0.29) is 12.5 Å². The molecule has 0 fully saturated rings. The fourth-order valence-electron chi connectivity index (χ4n) is 2.75. The third-order valence-electron chi connectivity index (χ3n) is 4.28. The van der Waals surface area contributed by atoms with Crippen molar-refractivity contribution in [1.82, 2.24) is 15.0 Å². The molecule has 29 heavy (non-hydrogen) atoms. The number of carbonyl (C=O) groups is 1. The molecule has 0 aliphatic heterocycles. The molecule has 0 N–H and O–H groups in total. The molecule has 146 valence electrons. The van der Waals surface area contributed by atoms with Crippen LogP contribution in [0.4, 0.5) is 0 Å². The van der Waals surface area contributed by atoms with E-state index < -0.39 is 0 Å². The Morgan fingerprint density at radius 3 is 2.59 bits per heavy atom. The summed E-state index contributed by atoms with van der Waals surface area (Å²) >= 11 is 3.32. The Morgan fingerprint density at radius 2 is 1.86 bits per heavy atom. The summed E-state index contributed by atoms with van der Waals surface area (Å²) in [6, 6.07) is 21.9. The van der Waals surface area contributed by atoms with E-state index in [1.54, 1.807) is 35.0 Å². The van der Waals surface area contributed by atoms with Crippen LogP contribution >= 0.6 is 23.1 Å². The van der Waals surface area contributed by atoms with E-state index in [4.69, 9.17) is 4.52 Å². The zero-order valence-electron chi connectivity index (χ0n) is 15.8. The summed E-state index contributed by atoms with van der Waals surface area (Å²) in [5.41, 5.74) is 1.81. The van der Waals surface area contributed by atoms with Gasteiger partial charge in [-0.15, -0.1) is 23.1 Å². The molecule has 0 aliphatic carbocycles. The molecule has 4 aromatic rings. The Kier molecular flexibility index (Phi) is 6.07. The van der Waals surface area contributed by atoms with E-state index >= 15 is 0 Å². The first-order valence-electron chi connectivity index (χ1n) is 9.08. The highest BCUT2D eigenvalue weighted by Crippen LogP contribution is 2.23. The van der Waals surface area contributed by atoms with Crippen molar-refractivity contribution >= 4 is 29.0 Å². The van der Waals surface area contributed by atoms with Gasteiger partial charge in [0.05, 0.1) is 11.4 Å². The molecule has 0 spiro atoms. The fourth-order valence-corrected chi connectivity index (χ4v) is 4.27. The number of thioether (sulfide) groups is 1. The molecule has 2 aromatic heterocycles. The maximum atomic E-state index is 12.7. The standard InChI is InChI=1S/C22H19N3O2S2/c1-25(14-20-23-21(24-27-20)19-8-5-13-28-19)22(26)17-11-9-16(10-12-17)15-29-18-6-3-2-4-7-18/h2-13H,14-15H2,1H3. The van der Waals surface area contributed by atoms with Gasteiger partial charge in [0.15, 0.2) is 0 Å². The highest BCUT2D eigenvalue weighted by Gasteiger charge is 2.16. The molecule has 0 saturated heterocycles. The first-order chi connectivity index (χ1) is 14.2. The van der Waals surface area contributed by atoms with Gasteiger partial charge in [0.1, 0.15) is 0 Å². The molecule has 2 heterocycles. The fraction of sp³-hybridized carbons (Fsp3) is 0.136. The van der Waals surface area contributed by atoms with Gasteiger partial charge >= 0.3 is 0 Å². The third kappa shape index (κ3) is 4.93. The van der Waals surface area contributed by atoms with E-state index in [1.807, 2.05) is 60.0 Å². The minimum absolute atomic E-state index is 0.0804. The lowest BCUT2D eigenvalue weighted by Crippen LogP contribution is -2.26. The van der Waals surface area contributed by atoms with E-state index in [9.17, 15) is 4.79 Å². The van der Waals surface area contributed by atoms with E-state index in [1.165, 1.54) is 10.5 Å². The molecule has 0 unspecified atom stereocenters. The Morgan fingerprint density at radius 1 is 1.07 bits per heavy atom. The Balaban J connectivity index is 1.35. The predicted octanol–water partition coefficient (Wildman–Crippen LogP) is 5.36. The van der Waals surface area contributed by atoms with Crippen LogP contribution in [0.3, 0.4) is 0 Å². The van der Waals surface area contributed by atoms with Crippen LogP contribution < -0.4 is 0 Å². The van der Waals surface area contributed by atoms with Gasteiger partial charge in [0, 0.05) is 23.3 Å². The number of carbonyl (C=O) groups excluding carboxylic acids is 1. The van der Waals surface area contributed by atoms with Gasteiger partial charge in [-0.1, -0.05) is 41.6 Å². The molecule has 5 nitrogen and oxygen atoms in total. The Bertz CT molecular complexity index is 1060. The van der Waals surface area contributed by atoms with Crippen molar-refractivity contribution < 1.29 is 9.32 Å². The largest absolute Gasteiger partial charge is 0.337 e. The monoisotopic (exact) mass is 421 g/mol. The van der Waals surface area contributed by atoms with Crippen LogP contribution in [0.5, 0.6) is 0 Å². The van der Waals surface area contributed by atoms with Gasteiger partial charge in [-0.3, -0.25) is 4.79 Å². The van der Waals surface area contributed by atoms with Crippen LogP contribution in [0, 0.1) is 0 Å². The summed E-state index contributed by atoms with van der Waals surface area (Å²) in [4.78, 5) is 20.8. The minimum atomic E-state index is -0.0804. The average Bonchev–Trinajstić information content (AvgIpc) is 3.45. The van der Waals surface area contributed by atoms with Crippen molar-refractivity contribution in [1.29, 1.82) is 0 Å². The second kappa shape index (κ2) is 9.07. The summed E-state index contributed by atoms with van der Waals surface area (Å²) in [5.74, 6) is 1.75. The Labute approximate surface area is 177 Å². The molecule has 1 amide bonds. The number of amides is 1. The maximum absolute atomic E-state index is 12.7. The molecule has 0 bridgehead atoms. The number of benzene rings is 2. The van der Waals surface area contributed by atoms with Crippen molar-refractivity contribution in [3.8, 4) is 10.7 Å². The maximum Gasteiger partial charge on any atom is 0.254 e. The van der Waals surface area contributed by atoms with Crippen molar-refractivity contribution in [2.45, 2.75) is 17.2 Å². The third-order valence-corrected chi connectivity index (χ3v) is 6.23. The zero-order chi connectivity index (χ0) is 20.1. The Hall–Kier alpha value is -2.90. The number of hydrogen-bond acceptors (Lipinski definition) is 6. The van der Waals surface area contributed by atoms with Crippen molar-refractivity contribution in [2.24, 2.45) is 0 Å². The number of nitrogens with zero attached hydrogens (tertiary/aromatic N) is 3.